The maximum absolute atomic E-state index is 12.8. The molecule has 1 saturated heterocycles. The minimum atomic E-state index is -1.07. The minimum Gasteiger partial charge on any atom is -0.478 e. The van der Waals surface area contributed by atoms with E-state index in [1.54, 1.807) is 43.0 Å². The van der Waals surface area contributed by atoms with Gasteiger partial charge in [-0.15, -0.1) is 0 Å². The van der Waals surface area contributed by atoms with E-state index in [-0.39, 0.29) is 23.9 Å². The first-order valence-electron chi connectivity index (χ1n) is 8.62. The van der Waals surface area contributed by atoms with Crippen LogP contribution >= 0.6 is 0 Å². The standard InChI is InChI=1S/C18H22N4O5/c1-10-14(18(25)26)6-12(27-10)8-19-17(24)13-4-5-15(23)22(3)16(13)11-7-20-21(2)9-11/h6-7,9,13,16H,4-5,8H2,1-3H3,(H,19,24)(H,25,26)/t13-,16-/m1/s1. The van der Waals surface area contributed by atoms with Gasteiger partial charge in [-0.2, -0.15) is 5.10 Å². The Bertz CT molecular complexity index is 884. The predicted octanol–water partition coefficient (Wildman–Crippen LogP) is 1.25. The largest absolute Gasteiger partial charge is 0.478 e. The summed E-state index contributed by atoms with van der Waals surface area (Å²) >= 11 is 0. The molecule has 27 heavy (non-hydrogen) atoms. The number of amides is 2. The van der Waals surface area contributed by atoms with E-state index in [0.717, 1.165) is 5.56 Å². The highest BCUT2D eigenvalue weighted by Crippen LogP contribution is 2.35. The van der Waals surface area contributed by atoms with Crippen LogP contribution in [0.1, 0.15) is 46.3 Å². The molecule has 1 fully saturated rings. The monoisotopic (exact) mass is 374 g/mol. The number of aromatic carboxylic acids is 1. The van der Waals surface area contributed by atoms with E-state index in [2.05, 4.69) is 10.4 Å². The van der Waals surface area contributed by atoms with Crippen LogP contribution in [0.4, 0.5) is 0 Å². The lowest BCUT2D eigenvalue weighted by atomic mass is 9.85. The lowest BCUT2D eigenvalue weighted by Crippen LogP contribution is -2.46. The van der Waals surface area contributed by atoms with Crippen LogP contribution in [0.2, 0.25) is 0 Å². The number of piperidine rings is 1. The Labute approximate surface area is 155 Å². The van der Waals surface area contributed by atoms with Gasteiger partial charge in [0.15, 0.2) is 0 Å². The minimum absolute atomic E-state index is 0.0133. The average molecular weight is 374 g/mol. The van der Waals surface area contributed by atoms with E-state index >= 15 is 0 Å². The number of nitrogens with zero attached hydrogens (tertiary/aromatic N) is 3. The Hall–Kier alpha value is -3.10. The topological polar surface area (TPSA) is 118 Å². The predicted molar refractivity (Wildman–Crippen MR) is 93.7 cm³/mol. The second-order valence-electron chi connectivity index (χ2n) is 6.75. The Balaban J connectivity index is 1.74. The van der Waals surface area contributed by atoms with Gasteiger partial charge in [0.05, 0.1) is 24.7 Å². The van der Waals surface area contributed by atoms with Crippen molar-refractivity contribution in [1.82, 2.24) is 20.0 Å². The molecule has 0 spiro atoms. The van der Waals surface area contributed by atoms with Gasteiger partial charge in [-0.3, -0.25) is 14.3 Å². The van der Waals surface area contributed by atoms with Crippen LogP contribution in [-0.4, -0.2) is 44.6 Å². The Morgan fingerprint density at radius 2 is 2.15 bits per heavy atom. The zero-order valence-electron chi connectivity index (χ0n) is 15.4. The molecule has 0 bridgehead atoms. The summed E-state index contributed by atoms with van der Waals surface area (Å²) in [6.07, 6.45) is 4.20. The normalized spacial score (nSPS) is 20.0. The Morgan fingerprint density at radius 1 is 1.41 bits per heavy atom. The smallest absolute Gasteiger partial charge is 0.339 e. The molecule has 0 unspecified atom stereocenters. The zero-order chi connectivity index (χ0) is 19.7. The first-order valence-corrected chi connectivity index (χ1v) is 8.62. The van der Waals surface area contributed by atoms with Gasteiger partial charge in [0, 0.05) is 32.3 Å². The maximum atomic E-state index is 12.8. The van der Waals surface area contributed by atoms with Gasteiger partial charge in [0.25, 0.3) is 0 Å². The highest BCUT2D eigenvalue weighted by Gasteiger charge is 2.39. The molecule has 3 heterocycles. The third-order valence-electron chi connectivity index (χ3n) is 4.90. The van der Waals surface area contributed by atoms with Gasteiger partial charge in [0.1, 0.15) is 17.1 Å². The van der Waals surface area contributed by atoms with Crippen molar-refractivity contribution >= 4 is 17.8 Å². The van der Waals surface area contributed by atoms with Crippen molar-refractivity contribution in [2.75, 3.05) is 7.05 Å². The number of furan rings is 1. The summed E-state index contributed by atoms with van der Waals surface area (Å²) < 4.78 is 7.03. The van der Waals surface area contributed by atoms with E-state index in [1.165, 1.54) is 6.07 Å². The second kappa shape index (κ2) is 7.26. The van der Waals surface area contributed by atoms with Crippen molar-refractivity contribution in [3.63, 3.8) is 0 Å². The first kappa shape index (κ1) is 18.7. The first-order chi connectivity index (χ1) is 12.8. The van der Waals surface area contributed by atoms with Crippen LogP contribution in [0.3, 0.4) is 0 Å². The average Bonchev–Trinajstić information content (AvgIpc) is 3.20. The Kier molecular flexibility index (Phi) is 5.02. The molecule has 144 valence electrons. The van der Waals surface area contributed by atoms with Crippen molar-refractivity contribution < 1.29 is 23.9 Å². The number of carboxylic acids is 1. The van der Waals surface area contributed by atoms with Crippen LogP contribution in [0, 0.1) is 12.8 Å². The summed E-state index contributed by atoms with van der Waals surface area (Å²) in [5.41, 5.74) is 0.880. The summed E-state index contributed by atoms with van der Waals surface area (Å²) in [5.74, 6) is -1.06. The molecule has 1 aliphatic rings. The number of likely N-dealkylation sites (tertiary alicyclic amines) is 1. The number of aromatic nitrogens is 2. The van der Waals surface area contributed by atoms with E-state index in [4.69, 9.17) is 9.52 Å². The van der Waals surface area contributed by atoms with Crippen LogP contribution in [-0.2, 0) is 23.2 Å². The Morgan fingerprint density at radius 3 is 2.74 bits per heavy atom. The summed E-state index contributed by atoms with van der Waals surface area (Å²) in [7, 11) is 3.47. The quantitative estimate of drug-likeness (QED) is 0.813. The number of carboxylic acid groups (broad SMARTS) is 1. The van der Waals surface area contributed by atoms with Gasteiger partial charge >= 0.3 is 5.97 Å². The van der Waals surface area contributed by atoms with Crippen molar-refractivity contribution in [3.05, 3.63) is 41.1 Å². The van der Waals surface area contributed by atoms with Gasteiger partial charge in [-0.25, -0.2) is 4.79 Å². The van der Waals surface area contributed by atoms with Crippen molar-refractivity contribution in [1.29, 1.82) is 0 Å². The van der Waals surface area contributed by atoms with Crippen molar-refractivity contribution in [2.24, 2.45) is 13.0 Å². The summed E-state index contributed by atoms with van der Waals surface area (Å²) in [6, 6.07) is 1.01. The van der Waals surface area contributed by atoms with Crippen LogP contribution in [0.5, 0.6) is 0 Å². The number of hydrogen-bond acceptors (Lipinski definition) is 5. The van der Waals surface area contributed by atoms with E-state index in [0.29, 0.717) is 24.4 Å². The molecule has 2 N–H and O–H groups in total. The number of hydrogen-bond donors (Lipinski definition) is 2. The van der Waals surface area contributed by atoms with E-state index in [1.807, 2.05) is 0 Å². The molecule has 9 heteroatoms. The molecule has 3 rings (SSSR count). The third-order valence-corrected chi connectivity index (χ3v) is 4.90. The highest BCUT2D eigenvalue weighted by atomic mass is 16.4. The summed E-state index contributed by atoms with van der Waals surface area (Å²) in [4.78, 5) is 37.6. The summed E-state index contributed by atoms with van der Waals surface area (Å²) in [6.45, 7) is 1.65. The lowest BCUT2D eigenvalue weighted by molar-refractivity contribution is -0.141. The molecular formula is C18H22N4O5. The zero-order valence-corrected chi connectivity index (χ0v) is 15.4. The maximum Gasteiger partial charge on any atom is 0.339 e. The van der Waals surface area contributed by atoms with Gasteiger partial charge in [0.2, 0.25) is 11.8 Å². The van der Waals surface area contributed by atoms with Gasteiger partial charge < -0.3 is 19.7 Å². The molecular weight excluding hydrogens is 352 g/mol. The van der Waals surface area contributed by atoms with Gasteiger partial charge in [-0.05, 0) is 19.4 Å². The molecule has 2 aromatic heterocycles. The number of aryl methyl sites for hydroxylation is 2. The van der Waals surface area contributed by atoms with E-state index in [9.17, 15) is 14.4 Å². The van der Waals surface area contributed by atoms with Crippen molar-refractivity contribution in [2.45, 2.75) is 32.4 Å². The molecule has 2 aromatic rings. The number of carbonyl (C=O) groups excluding carboxylic acids is 2. The SMILES string of the molecule is Cc1oc(CNC(=O)[C@@H]2CCC(=O)N(C)[C@@H]2c2cnn(C)c2)cc1C(=O)O. The van der Waals surface area contributed by atoms with Crippen LogP contribution in [0.25, 0.3) is 0 Å². The number of rotatable bonds is 5. The molecule has 2 atom stereocenters. The number of carbonyl (C=O) groups is 3. The molecule has 0 aliphatic carbocycles. The van der Waals surface area contributed by atoms with E-state index < -0.39 is 17.9 Å². The fourth-order valence-electron chi connectivity index (χ4n) is 3.51. The molecule has 0 aromatic carbocycles. The molecule has 0 radical (unpaired) electrons. The van der Waals surface area contributed by atoms with Crippen molar-refractivity contribution in [3.8, 4) is 0 Å². The second-order valence-corrected chi connectivity index (χ2v) is 6.75. The number of nitrogens with one attached hydrogen (secondary N) is 1. The van der Waals surface area contributed by atoms with Crippen LogP contribution < -0.4 is 5.32 Å². The lowest BCUT2D eigenvalue weighted by Gasteiger charge is -2.37. The third kappa shape index (κ3) is 3.71. The fourth-order valence-corrected chi connectivity index (χ4v) is 3.51. The molecule has 9 nitrogen and oxygen atoms in total. The fraction of sp³-hybridized carbons (Fsp3) is 0.444. The highest BCUT2D eigenvalue weighted by molar-refractivity contribution is 5.89. The molecule has 1 aliphatic heterocycles. The van der Waals surface area contributed by atoms with Crippen LogP contribution in [0.15, 0.2) is 22.9 Å². The molecule has 2 amide bonds. The molecule has 0 saturated carbocycles. The van der Waals surface area contributed by atoms with Gasteiger partial charge in [-0.1, -0.05) is 0 Å². The summed E-state index contributed by atoms with van der Waals surface area (Å²) in [5, 5.41) is 16.0.